The van der Waals surface area contributed by atoms with Gasteiger partial charge in [0, 0.05) is 38.9 Å². The highest BCUT2D eigenvalue weighted by atomic mass is 15.1. The second-order valence-electron chi connectivity index (χ2n) is 16.6. The second kappa shape index (κ2) is 11.6. The highest BCUT2D eigenvalue weighted by Crippen LogP contribution is 2.69. The molecule has 5 aliphatic carbocycles. The number of aromatic nitrogens is 1. The van der Waals surface area contributed by atoms with Crippen molar-refractivity contribution in [1.29, 1.82) is 0 Å². The molecule has 4 bridgehead atoms. The molecule has 2 nitrogen and oxygen atoms in total. The van der Waals surface area contributed by atoms with Crippen LogP contribution in [0.1, 0.15) is 43.2 Å². The number of nitrogens with zero attached hydrogens (tertiary/aromatic N) is 2. The minimum atomic E-state index is 0.171. The summed E-state index contributed by atoms with van der Waals surface area (Å²) >= 11 is 0. The first-order chi connectivity index (χ1) is 26.7. The van der Waals surface area contributed by atoms with Crippen LogP contribution >= 0.6 is 0 Å². The van der Waals surface area contributed by atoms with Crippen LogP contribution in [0.2, 0.25) is 0 Å². The van der Waals surface area contributed by atoms with Crippen molar-refractivity contribution in [3.63, 3.8) is 0 Å². The fraction of sp³-hybridized carbons (Fsp3) is 0.192. The molecule has 13 rings (SSSR count). The van der Waals surface area contributed by atoms with Gasteiger partial charge in [0.15, 0.2) is 0 Å². The van der Waals surface area contributed by atoms with Crippen molar-refractivity contribution in [1.82, 2.24) is 4.57 Å². The van der Waals surface area contributed by atoms with Gasteiger partial charge in [-0.25, -0.2) is 0 Å². The van der Waals surface area contributed by atoms with Gasteiger partial charge in [-0.05, 0) is 150 Å². The number of hydrogen-bond acceptors (Lipinski definition) is 1. The Bertz CT molecular complexity index is 2640. The number of rotatable bonds is 5. The van der Waals surface area contributed by atoms with E-state index in [1.165, 1.54) is 87.5 Å². The molecule has 0 saturated heterocycles. The molecular formula is C52H42N2. The van der Waals surface area contributed by atoms with E-state index in [4.69, 9.17) is 0 Å². The van der Waals surface area contributed by atoms with Crippen LogP contribution in [0.3, 0.4) is 0 Å². The van der Waals surface area contributed by atoms with E-state index >= 15 is 0 Å². The van der Waals surface area contributed by atoms with Crippen LogP contribution in [0.4, 0.5) is 17.1 Å². The van der Waals surface area contributed by atoms with Crippen LogP contribution < -0.4 is 4.90 Å². The topological polar surface area (TPSA) is 8.17 Å². The van der Waals surface area contributed by atoms with E-state index in [0.717, 1.165) is 35.0 Å². The molecule has 4 fully saturated rings. The molecule has 1 heterocycles. The van der Waals surface area contributed by atoms with Gasteiger partial charge in [-0.15, -0.1) is 0 Å². The van der Waals surface area contributed by atoms with Crippen molar-refractivity contribution < 1.29 is 0 Å². The van der Waals surface area contributed by atoms with Crippen molar-refractivity contribution in [2.24, 2.45) is 23.7 Å². The monoisotopic (exact) mass is 694 g/mol. The molecule has 4 saturated carbocycles. The molecule has 8 aromatic rings. The molecular weight excluding hydrogens is 653 g/mol. The standard InChI is InChI=1S/C52H42N2/c1-2-10-36(11-3-1)37-18-20-40(21-19-37)53(41-22-24-42(25-23-41)54-50-16-8-5-13-45(50)46-14-6-9-17-51(46)54)43-26-27-49-47(33-43)44-12-4-7-15-48(44)52(49)38-29-34-28-35(31-38)32-39(52)30-34/h1-27,33-35,38-39H,28-32H2. The molecule has 5 aliphatic rings. The maximum atomic E-state index is 2.55. The number of hydrogen-bond donors (Lipinski definition) is 0. The molecule has 2 heteroatoms. The summed E-state index contributed by atoms with van der Waals surface area (Å²) in [6.45, 7) is 0. The summed E-state index contributed by atoms with van der Waals surface area (Å²) in [6.07, 6.45) is 7.09. The van der Waals surface area contributed by atoms with Gasteiger partial charge in [0.25, 0.3) is 0 Å². The Kier molecular flexibility index (Phi) is 6.55. The lowest BCUT2D eigenvalue weighted by atomic mass is 9.43. The van der Waals surface area contributed by atoms with Crippen molar-refractivity contribution in [2.45, 2.75) is 37.5 Å². The summed E-state index contributed by atoms with van der Waals surface area (Å²) in [5.41, 5.74) is 15.9. The first-order valence-corrected chi connectivity index (χ1v) is 20.0. The number of para-hydroxylation sites is 2. The van der Waals surface area contributed by atoms with Crippen molar-refractivity contribution in [3.05, 3.63) is 181 Å². The summed E-state index contributed by atoms with van der Waals surface area (Å²) in [4.78, 5) is 2.47. The summed E-state index contributed by atoms with van der Waals surface area (Å²) in [5.74, 6) is 3.40. The van der Waals surface area contributed by atoms with Gasteiger partial charge in [0.05, 0.1) is 11.0 Å². The average Bonchev–Trinajstić information content (AvgIpc) is 3.71. The molecule has 0 amide bonds. The highest BCUT2D eigenvalue weighted by molar-refractivity contribution is 6.09. The van der Waals surface area contributed by atoms with Gasteiger partial charge < -0.3 is 9.47 Å². The summed E-state index contributed by atoms with van der Waals surface area (Å²) in [7, 11) is 0. The molecule has 0 aliphatic heterocycles. The molecule has 0 N–H and O–H groups in total. The maximum absolute atomic E-state index is 2.55. The second-order valence-corrected chi connectivity index (χ2v) is 16.6. The lowest BCUT2D eigenvalue weighted by Crippen LogP contribution is -2.55. The summed E-state index contributed by atoms with van der Waals surface area (Å²) < 4.78 is 2.41. The third-order valence-electron chi connectivity index (χ3n) is 14.0. The van der Waals surface area contributed by atoms with Crippen LogP contribution in [-0.2, 0) is 5.41 Å². The Balaban J connectivity index is 1.01. The number of benzene rings is 7. The third kappa shape index (κ3) is 4.28. The van der Waals surface area contributed by atoms with Crippen molar-refractivity contribution in [2.75, 3.05) is 4.90 Å². The normalized spacial score (nSPS) is 23.3. The zero-order valence-electron chi connectivity index (χ0n) is 30.4. The van der Waals surface area contributed by atoms with E-state index in [9.17, 15) is 0 Å². The van der Waals surface area contributed by atoms with E-state index in [1.807, 2.05) is 0 Å². The SMILES string of the molecule is c1ccc(-c2ccc(N(c3ccc(-n4c5ccccc5c5ccccc54)cc3)c3ccc4c(c3)-c3ccccc3C43C4CC5CC(C4)CC3C5)cc2)cc1. The molecule has 0 radical (unpaired) electrons. The third-order valence-corrected chi connectivity index (χ3v) is 14.0. The van der Waals surface area contributed by atoms with Gasteiger partial charge in [0.2, 0.25) is 0 Å². The quantitative estimate of drug-likeness (QED) is 0.174. The lowest BCUT2D eigenvalue weighted by Gasteiger charge is -2.61. The van der Waals surface area contributed by atoms with Gasteiger partial charge >= 0.3 is 0 Å². The highest BCUT2D eigenvalue weighted by Gasteiger charge is 2.61. The van der Waals surface area contributed by atoms with Crippen LogP contribution in [0.5, 0.6) is 0 Å². The van der Waals surface area contributed by atoms with Crippen LogP contribution in [-0.4, -0.2) is 4.57 Å². The maximum Gasteiger partial charge on any atom is 0.0541 e. The molecule has 1 spiro atoms. The molecule has 54 heavy (non-hydrogen) atoms. The molecule has 260 valence electrons. The van der Waals surface area contributed by atoms with Crippen LogP contribution in [0.15, 0.2) is 170 Å². The number of anilines is 3. The fourth-order valence-electron chi connectivity index (χ4n) is 12.1. The molecule has 7 aromatic carbocycles. The van der Waals surface area contributed by atoms with Crippen molar-refractivity contribution in [3.8, 4) is 27.9 Å². The fourth-order valence-corrected chi connectivity index (χ4v) is 12.1. The zero-order chi connectivity index (χ0) is 35.4. The lowest BCUT2D eigenvalue weighted by molar-refractivity contribution is -0.0399. The first-order valence-electron chi connectivity index (χ1n) is 20.0. The minimum absolute atomic E-state index is 0.171. The molecule has 0 unspecified atom stereocenters. The first kappa shape index (κ1) is 30.6. The Labute approximate surface area is 317 Å². The smallest absolute Gasteiger partial charge is 0.0541 e. The van der Waals surface area contributed by atoms with E-state index in [0.29, 0.717) is 0 Å². The molecule has 0 atom stereocenters. The minimum Gasteiger partial charge on any atom is -0.310 e. The Morgan fingerprint density at radius 3 is 1.61 bits per heavy atom. The van der Waals surface area contributed by atoms with E-state index in [-0.39, 0.29) is 5.41 Å². The Morgan fingerprint density at radius 1 is 0.426 bits per heavy atom. The summed E-state index contributed by atoms with van der Waals surface area (Å²) in [6, 6.07) is 63.6. The predicted octanol–water partition coefficient (Wildman–Crippen LogP) is 13.6. The van der Waals surface area contributed by atoms with Crippen LogP contribution in [0.25, 0.3) is 49.7 Å². The van der Waals surface area contributed by atoms with Gasteiger partial charge in [0.1, 0.15) is 0 Å². The van der Waals surface area contributed by atoms with Crippen LogP contribution in [0, 0.1) is 23.7 Å². The molecule has 1 aromatic heterocycles. The average molecular weight is 695 g/mol. The zero-order valence-corrected chi connectivity index (χ0v) is 30.4. The Morgan fingerprint density at radius 2 is 0.944 bits per heavy atom. The Hall–Kier alpha value is -5.86. The summed E-state index contributed by atoms with van der Waals surface area (Å²) in [5, 5.41) is 2.57. The van der Waals surface area contributed by atoms with E-state index in [2.05, 4.69) is 179 Å². The van der Waals surface area contributed by atoms with Crippen molar-refractivity contribution >= 4 is 38.9 Å². The van der Waals surface area contributed by atoms with Gasteiger partial charge in [-0.1, -0.05) is 109 Å². The van der Waals surface area contributed by atoms with E-state index < -0.39 is 0 Å². The number of fused-ring (bicyclic) bond motifs is 6. The largest absolute Gasteiger partial charge is 0.310 e. The van der Waals surface area contributed by atoms with Gasteiger partial charge in [-0.3, -0.25) is 0 Å². The van der Waals surface area contributed by atoms with E-state index in [1.54, 1.807) is 11.1 Å². The predicted molar refractivity (Wildman–Crippen MR) is 224 cm³/mol. The van der Waals surface area contributed by atoms with Gasteiger partial charge in [-0.2, -0.15) is 0 Å².